The number of nitrogens with one attached hydrogen (secondary N) is 1. The molecule has 1 amide bonds. The van der Waals surface area contributed by atoms with Gasteiger partial charge in [0.05, 0.1) is 36.6 Å². The molecule has 0 spiro atoms. The fourth-order valence-corrected chi connectivity index (χ4v) is 4.21. The molecule has 0 saturated heterocycles. The highest BCUT2D eigenvalue weighted by atomic mass is 35.5. The zero-order valence-corrected chi connectivity index (χ0v) is 20.4. The number of hydrogen-bond donors (Lipinski definition) is 1. The standard InChI is InChI=1S/C25H24ClFN4O4/c1-14-15(2)31(17-7-5-6-16(27)10-17)24-22(14)25(33)30(13-28-24)9-8-21(32)29-23-19(26)11-18(34-3)12-20(23)35-4/h5-7,10-13H,8-9H2,1-4H3,(H,29,32). The Bertz CT molecular complexity index is 1500. The lowest BCUT2D eigenvalue weighted by Gasteiger charge is -2.14. The van der Waals surface area contributed by atoms with Crippen LogP contribution in [0.15, 0.2) is 47.5 Å². The van der Waals surface area contributed by atoms with Crippen LogP contribution in [0, 0.1) is 19.7 Å². The van der Waals surface area contributed by atoms with Crippen LogP contribution in [-0.2, 0) is 11.3 Å². The van der Waals surface area contributed by atoms with E-state index in [1.165, 1.54) is 37.2 Å². The van der Waals surface area contributed by atoms with Gasteiger partial charge in [-0.05, 0) is 37.6 Å². The van der Waals surface area contributed by atoms with Crippen molar-refractivity contribution in [1.29, 1.82) is 0 Å². The highest BCUT2D eigenvalue weighted by Gasteiger charge is 2.19. The topological polar surface area (TPSA) is 87.4 Å². The summed E-state index contributed by atoms with van der Waals surface area (Å²) in [4.78, 5) is 30.4. The van der Waals surface area contributed by atoms with Gasteiger partial charge in [-0.3, -0.25) is 18.7 Å². The number of rotatable bonds is 7. The zero-order valence-electron chi connectivity index (χ0n) is 19.7. The van der Waals surface area contributed by atoms with Crippen LogP contribution >= 0.6 is 11.6 Å². The van der Waals surface area contributed by atoms with Crippen molar-refractivity contribution in [3.63, 3.8) is 0 Å². The van der Waals surface area contributed by atoms with Crippen LogP contribution in [0.5, 0.6) is 11.5 Å². The summed E-state index contributed by atoms with van der Waals surface area (Å²) >= 11 is 6.27. The minimum Gasteiger partial charge on any atom is -0.497 e. The van der Waals surface area contributed by atoms with E-state index in [0.29, 0.717) is 33.9 Å². The molecule has 0 bridgehead atoms. The first-order valence-electron chi connectivity index (χ1n) is 10.8. The normalized spacial score (nSPS) is 11.0. The van der Waals surface area contributed by atoms with Crippen molar-refractivity contribution >= 4 is 34.2 Å². The molecule has 10 heteroatoms. The van der Waals surface area contributed by atoms with Gasteiger partial charge in [0.15, 0.2) is 5.65 Å². The average Bonchev–Trinajstić information content (AvgIpc) is 3.10. The van der Waals surface area contributed by atoms with Gasteiger partial charge >= 0.3 is 0 Å². The van der Waals surface area contributed by atoms with Crippen molar-refractivity contribution in [2.45, 2.75) is 26.8 Å². The third-order valence-electron chi connectivity index (χ3n) is 5.88. The second-order valence-electron chi connectivity index (χ2n) is 7.95. The minimum atomic E-state index is -0.380. The first-order chi connectivity index (χ1) is 16.7. The van der Waals surface area contributed by atoms with Gasteiger partial charge in [-0.2, -0.15) is 0 Å². The number of fused-ring (bicyclic) bond motifs is 1. The SMILES string of the molecule is COc1cc(Cl)c(NC(=O)CCn2cnc3c(c(C)c(C)n3-c3cccc(F)c3)c2=O)c(OC)c1. The molecule has 0 saturated carbocycles. The molecule has 0 aliphatic rings. The maximum atomic E-state index is 13.8. The van der Waals surface area contributed by atoms with Gasteiger partial charge in [0.1, 0.15) is 23.0 Å². The number of aromatic nitrogens is 3. The maximum absolute atomic E-state index is 13.8. The van der Waals surface area contributed by atoms with Gasteiger partial charge in [-0.15, -0.1) is 0 Å². The smallest absolute Gasteiger partial charge is 0.263 e. The monoisotopic (exact) mass is 498 g/mol. The van der Waals surface area contributed by atoms with Crippen LogP contribution in [0.1, 0.15) is 17.7 Å². The zero-order chi connectivity index (χ0) is 25.3. The second kappa shape index (κ2) is 9.79. The number of halogens is 2. The quantitative estimate of drug-likeness (QED) is 0.401. The number of carbonyl (C=O) groups excluding carboxylic acids is 1. The van der Waals surface area contributed by atoms with Crippen LogP contribution in [0.25, 0.3) is 16.7 Å². The number of aryl methyl sites for hydroxylation is 2. The lowest BCUT2D eigenvalue weighted by molar-refractivity contribution is -0.116. The number of benzene rings is 2. The Morgan fingerprint density at radius 2 is 1.94 bits per heavy atom. The lowest BCUT2D eigenvalue weighted by atomic mass is 10.2. The summed E-state index contributed by atoms with van der Waals surface area (Å²) in [6.45, 7) is 3.78. The number of ether oxygens (including phenoxy) is 2. The third kappa shape index (κ3) is 4.59. The number of methoxy groups -OCH3 is 2. The summed E-state index contributed by atoms with van der Waals surface area (Å²) < 4.78 is 27.4. The first-order valence-corrected chi connectivity index (χ1v) is 11.2. The van der Waals surface area contributed by atoms with E-state index >= 15 is 0 Å². The number of nitrogens with zero attached hydrogens (tertiary/aromatic N) is 3. The highest BCUT2D eigenvalue weighted by molar-refractivity contribution is 6.34. The fourth-order valence-electron chi connectivity index (χ4n) is 3.96. The van der Waals surface area contributed by atoms with Crippen LogP contribution < -0.4 is 20.3 Å². The first kappa shape index (κ1) is 24.3. The van der Waals surface area contributed by atoms with E-state index in [0.717, 1.165) is 11.3 Å². The summed E-state index contributed by atoms with van der Waals surface area (Å²) in [5.41, 5.74) is 2.58. The molecule has 182 valence electrons. The number of hydrogen-bond acceptors (Lipinski definition) is 5. The van der Waals surface area contributed by atoms with Crippen molar-refractivity contribution in [3.8, 4) is 17.2 Å². The van der Waals surface area contributed by atoms with Crippen LogP contribution in [0.2, 0.25) is 5.02 Å². The molecule has 2 aromatic carbocycles. The lowest BCUT2D eigenvalue weighted by Crippen LogP contribution is -2.24. The summed E-state index contributed by atoms with van der Waals surface area (Å²) in [5.74, 6) is 0.112. The molecular weight excluding hydrogens is 475 g/mol. The predicted molar refractivity (Wildman–Crippen MR) is 133 cm³/mol. The van der Waals surface area contributed by atoms with Gasteiger partial charge in [0.2, 0.25) is 5.91 Å². The Labute approximate surface area is 205 Å². The molecule has 0 unspecified atom stereocenters. The van der Waals surface area contributed by atoms with Crippen molar-refractivity contribution < 1.29 is 18.7 Å². The molecule has 0 radical (unpaired) electrons. The molecular formula is C25H24ClFN4O4. The van der Waals surface area contributed by atoms with Crippen LogP contribution in [0.4, 0.5) is 10.1 Å². The van der Waals surface area contributed by atoms with Gasteiger partial charge in [0.25, 0.3) is 5.56 Å². The summed E-state index contributed by atoms with van der Waals surface area (Å²) in [7, 11) is 2.96. The van der Waals surface area contributed by atoms with Crippen molar-refractivity contribution in [2.24, 2.45) is 0 Å². The van der Waals surface area contributed by atoms with E-state index in [-0.39, 0.29) is 35.3 Å². The fraction of sp³-hybridized carbons (Fsp3) is 0.240. The molecule has 2 aromatic heterocycles. The van der Waals surface area contributed by atoms with E-state index in [2.05, 4.69) is 10.3 Å². The molecule has 2 heterocycles. The number of anilines is 1. The summed E-state index contributed by atoms with van der Waals surface area (Å²) in [5, 5.41) is 3.42. The van der Waals surface area contributed by atoms with E-state index < -0.39 is 0 Å². The molecule has 0 aliphatic carbocycles. The molecule has 35 heavy (non-hydrogen) atoms. The maximum Gasteiger partial charge on any atom is 0.263 e. The largest absolute Gasteiger partial charge is 0.497 e. The highest BCUT2D eigenvalue weighted by Crippen LogP contribution is 2.37. The van der Waals surface area contributed by atoms with Crippen LogP contribution in [0.3, 0.4) is 0 Å². The Morgan fingerprint density at radius 1 is 1.17 bits per heavy atom. The average molecular weight is 499 g/mol. The molecule has 0 atom stereocenters. The second-order valence-corrected chi connectivity index (χ2v) is 8.36. The molecule has 4 aromatic rings. The minimum absolute atomic E-state index is 0.00123. The van der Waals surface area contributed by atoms with Gasteiger partial charge in [-0.1, -0.05) is 17.7 Å². The van der Waals surface area contributed by atoms with Crippen LogP contribution in [-0.4, -0.2) is 34.2 Å². The van der Waals surface area contributed by atoms with Crippen molar-refractivity contribution in [2.75, 3.05) is 19.5 Å². The third-order valence-corrected chi connectivity index (χ3v) is 6.17. The summed E-state index contributed by atoms with van der Waals surface area (Å²) in [6, 6.07) is 9.29. The van der Waals surface area contributed by atoms with E-state index in [9.17, 15) is 14.0 Å². The molecule has 1 N–H and O–H groups in total. The van der Waals surface area contributed by atoms with Crippen molar-refractivity contribution in [1.82, 2.24) is 14.1 Å². The van der Waals surface area contributed by atoms with Gasteiger partial charge < -0.3 is 14.8 Å². The van der Waals surface area contributed by atoms with Gasteiger partial charge in [-0.25, -0.2) is 9.37 Å². The van der Waals surface area contributed by atoms with E-state index in [4.69, 9.17) is 21.1 Å². The Balaban J connectivity index is 1.60. The van der Waals surface area contributed by atoms with E-state index in [1.807, 2.05) is 13.8 Å². The Hall–Kier alpha value is -3.85. The number of carbonyl (C=O) groups is 1. The molecule has 8 nitrogen and oxygen atoms in total. The van der Waals surface area contributed by atoms with Gasteiger partial charge in [0, 0.05) is 30.8 Å². The Kier molecular flexibility index (Phi) is 6.79. The molecule has 0 fully saturated rings. The predicted octanol–water partition coefficient (Wildman–Crippen LogP) is 4.64. The summed E-state index contributed by atoms with van der Waals surface area (Å²) in [6.07, 6.45) is 1.40. The van der Waals surface area contributed by atoms with Crippen molar-refractivity contribution in [3.05, 3.63) is 75.2 Å². The number of amides is 1. The Morgan fingerprint density at radius 3 is 2.63 bits per heavy atom. The molecule has 4 rings (SSSR count). The molecule has 0 aliphatic heterocycles. The van der Waals surface area contributed by atoms with E-state index in [1.54, 1.807) is 28.8 Å².